The lowest BCUT2D eigenvalue weighted by molar-refractivity contribution is -0.120. The van der Waals surface area contributed by atoms with Crippen LogP contribution >= 0.6 is 0 Å². The molecule has 1 aliphatic carbocycles. The summed E-state index contributed by atoms with van der Waals surface area (Å²) in [6.45, 7) is 0.140. The van der Waals surface area contributed by atoms with Crippen molar-refractivity contribution in [2.45, 2.75) is 37.6 Å². The number of hydrogen-bond donors (Lipinski definition) is 1. The van der Waals surface area contributed by atoms with E-state index in [1.807, 2.05) is 13.1 Å². The molecular formula is C15H20N2O2. The number of ether oxygens (including phenoxy) is 1. The molecular weight excluding hydrogens is 240 g/mol. The lowest BCUT2D eigenvalue weighted by Gasteiger charge is -2.30. The molecule has 1 heterocycles. The summed E-state index contributed by atoms with van der Waals surface area (Å²) in [5.41, 5.74) is 8.15. The largest absolute Gasteiger partial charge is 0.482 e. The molecule has 1 aromatic rings. The zero-order valence-corrected chi connectivity index (χ0v) is 11.3. The average Bonchev–Trinajstić information content (AvgIpc) is 2.44. The molecule has 0 aromatic heterocycles. The normalized spacial score (nSPS) is 26.8. The van der Waals surface area contributed by atoms with Crippen LogP contribution in [0.3, 0.4) is 0 Å². The Bertz CT molecular complexity index is 493. The molecule has 2 N–H and O–H groups in total. The van der Waals surface area contributed by atoms with Gasteiger partial charge in [0.25, 0.3) is 5.91 Å². The second-order valence-corrected chi connectivity index (χ2v) is 5.58. The molecule has 1 saturated carbocycles. The van der Waals surface area contributed by atoms with E-state index < -0.39 is 0 Å². The number of benzene rings is 1. The maximum absolute atomic E-state index is 11.7. The Morgan fingerprint density at radius 2 is 2.00 bits per heavy atom. The lowest BCUT2D eigenvalue weighted by Crippen LogP contribution is -2.35. The van der Waals surface area contributed by atoms with E-state index in [2.05, 4.69) is 12.1 Å². The van der Waals surface area contributed by atoms with Crippen LogP contribution in [-0.2, 0) is 4.79 Å². The van der Waals surface area contributed by atoms with Gasteiger partial charge in [0.2, 0.25) is 0 Å². The minimum Gasteiger partial charge on any atom is -0.482 e. The van der Waals surface area contributed by atoms with E-state index in [1.165, 1.54) is 5.56 Å². The third-order valence-corrected chi connectivity index (χ3v) is 4.31. The highest BCUT2D eigenvalue weighted by Crippen LogP contribution is 2.38. The number of anilines is 1. The monoisotopic (exact) mass is 260 g/mol. The van der Waals surface area contributed by atoms with Gasteiger partial charge in [-0.25, -0.2) is 0 Å². The smallest absolute Gasteiger partial charge is 0.264 e. The second-order valence-electron chi connectivity index (χ2n) is 5.58. The fraction of sp³-hybridized carbons (Fsp3) is 0.533. The molecule has 102 valence electrons. The molecule has 4 nitrogen and oxygen atoms in total. The first-order valence-electron chi connectivity index (χ1n) is 6.94. The summed E-state index contributed by atoms with van der Waals surface area (Å²) in [6.07, 6.45) is 4.46. The SMILES string of the molecule is CN1C(=O)COc2ccc(C3CCC(N)CC3)cc21. The first-order valence-corrected chi connectivity index (χ1v) is 6.94. The van der Waals surface area contributed by atoms with Crippen LogP contribution in [0.5, 0.6) is 5.75 Å². The van der Waals surface area contributed by atoms with Crippen molar-refractivity contribution < 1.29 is 9.53 Å². The Kier molecular flexibility index (Phi) is 3.19. The zero-order chi connectivity index (χ0) is 13.4. The van der Waals surface area contributed by atoms with Crippen LogP contribution in [0.2, 0.25) is 0 Å². The number of nitrogens with two attached hydrogens (primary N) is 1. The molecule has 1 fully saturated rings. The standard InChI is InChI=1S/C15H20N2O2/c1-17-13-8-11(10-2-5-12(16)6-3-10)4-7-14(13)19-9-15(17)18/h4,7-8,10,12H,2-3,5-6,9,16H2,1H3. The lowest BCUT2D eigenvalue weighted by atomic mass is 9.82. The van der Waals surface area contributed by atoms with Crippen molar-refractivity contribution in [2.75, 3.05) is 18.6 Å². The highest BCUT2D eigenvalue weighted by atomic mass is 16.5. The molecule has 0 radical (unpaired) electrons. The summed E-state index contributed by atoms with van der Waals surface area (Å²) in [4.78, 5) is 13.4. The van der Waals surface area contributed by atoms with Crippen molar-refractivity contribution in [3.63, 3.8) is 0 Å². The predicted octanol–water partition coefficient (Wildman–Crippen LogP) is 2.03. The Morgan fingerprint density at radius 3 is 2.74 bits per heavy atom. The van der Waals surface area contributed by atoms with E-state index in [4.69, 9.17) is 10.5 Å². The fourth-order valence-electron chi connectivity index (χ4n) is 3.00. The van der Waals surface area contributed by atoms with Crippen molar-refractivity contribution in [3.05, 3.63) is 23.8 Å². The summed E-state index contributed by atoms with van der Waals surface area (Å²) < 4.78 is 5.45. The van der Waals surface area contributed by atoms with Crippen LogP contribution in [-0.4, -0.2) is 25.6 Å². The topological polar surface area (TPSA) is 55.6 Å². The second kappa shape index (κ2) is 4.85. The summed E-state index contributed by atoms with van der Waals surface area (Å²) in [7, 11) is 1.81. The predicted molar refractivity (Wildman–Crippen MR) is 74.5 cm³/mol. The third kappa shape index (κ3) is 2.32. The summed E-state index contributed by atoms with van der Waals surface area (Å²) in [6, 6.07) is 6.58. The molecule has 0 spiro atoms. The van der Waals surface area contributed by atoms with Gasteiger partial charge < -0.3 is 15.4 Å². The van der Waals surface area contributed by atoms with Crippen LogP contribution in [0.4, 0.5) is 5.69 Å². The number of carbonyl (C=O) groups is 1. The van der Waals surface area contributed by atoms with Crippen LogP contribution in [0.1, 0.15) is 37.2 Å². The van der Waals surface area contributed by atoms with Gasteiger partial charge in [-0.05, 0) is 49.3 Å². The maximum atomic E-state index is 11.7. The summed E-state index contributed by atoms with van der Waals surface area (Å²) in [5, 5.41) is 0. The molecule has 1 aliphatic heterocycles. The Labute approximate surface area is 113 Å². The number of hydrogen-bond acceptors (Lipinski definition) is 3. The van der Waals surface area contributed by atoms with E-state index in [9.17, 15) is 4.79 Å². The van der Waals surface area contributed by atoms with E-state index in [0.717, 1.165) is 37.1 Å². The van der Waals surface area contributed by atoms with Crippen LogP contribution < -0.4 is 15.4 Å². The molecule has 0 unspecified atom stereocenters. The van der Waals surface area contributed by atoms with Gasteiger partial charge in [-0.3, -0.25) is 4.79 Å². The van der Waals surface area contributed by atoms with Gasteiger partial charge in [0.1, 0.15) is 5.75 Å². The van der Waals surface area contributed by atoms with E-state index in [1.54, 1.807) is 4.90 Å². The summed E-state index contributed by atoms with van der Waals surface area (Å²) >= 11 is 0. The Balaban J connectivity index is 1.86. The molecule has 1 aromatic carbocycles. The zero-order valence-electron chi connectivity index (χ0n) is 11.3. The van der Waals surface area contributed by atoms with Gasteiger partial charge >= 0.3 is 0 Å². The van der Waals surface area contributed by atoms with E-state index in [-0.39, 0.29) is 12.5 Å². The van der Waals surface area contributed by atoms with Crippen molar-refractivity contribution in [1.29, 1.82) is 0 Å². The van der Waals surface area contributed by atoms with Gasteiger partial charge in [-0.2, -0.15) is 0 Å². The number of carbonyl (C=O) groups excluding carboxylic acids is 1. The minimum absolute atomic E-state index is 0.00955. The summed E-state index contributed by atoms with van der Waals surface area (Å²) in [5.74, 6) is 1.38. The first-order chi connectivity index (χ1) is 9.15. The molecule has 1 amide bonds. The van der Waals surface area contributed by atoms with Crippen molar-refractivity contribution in [2.24, 2.45) is 5.73 Å². The van der Waals surface area contributed by atoms with Gasteiger partial charge in [-0.1, -0.05) is 6.07 Å². The highest BCUT2D eigenvalue weighted by Gasteiger charge is 2.25. The highest BCUT2D eigenvalue weighted by molar-refractivity contribution is 5.97. The molecule has 2 aliphatic rings. The number of rotatable bonds is 1. The van der Waals surface area contributed by atoms with Crippen LogP contribution in [0, 0.1) is 0 Å². The Morgan fingerprint density at radius 1 is 1.26 bits per heavy atom. The quantitative estimate of drug-likeness (QED) is 0.840. The van der Waals surface area contributed by atoms with Crippen molar-refractivity contribution in [3.8, 4) is 5.75 Å². The van der Waals surface area contributed by atoms with Crippen LogP contribution in [0.15, 0.2) is 18.2 Å². The first kappa shape index (κ1) is 12.5. The van der Waals surface area contributed by atoms with E-state index >= 15 is 0 Å². The number of fused-ring (bicyclic) bond motifs is 1. The molecule has 0 saturated heterocycles. The van der Waals surface area contributed by atoms with Gasteiger partial charge in [0.05, 0.1) is 5.69 Å². The molecule has 0 bridgehead atoms. The third-order valence-electron chi connectivity index (χ3n) is 4.31. The van der Waals surface area contributed by atoms with Gasteiger partial charge in [0.15, 0.2) is 6.61 Å². The molecule has 3 rings (SSSR count). The average molecular weight is 260 g/mol. The van der Waals surface area contributed by atoms with Gasteiger partial charge in [0, 0.05) is 13.1 Å². The minimum atomic E-state index is 0.00955. The van der Waals surface area contributed by atoms with Crippen molar-refractivity contribution >= 4 is 11.6 Å². The number of nitrogens with zero attached hydrogens (tertiary/aromatic N) is 1. The van der Waals surface area contributed by atoms with E-state index in [0.29, 0.717) is 12.0 Å². The fourth-order valence-corrected chi connectivity index (χ4v) is 3.00. The van der Waals surface area contributed by atoms with Crippen molar-refractivity contribution in [1.82, 2.24) is 0 Å². The maximum Gasteiger partial charge on any atom is 0.264 e. The number of amides is 1. The van der Waals surface area contributed by atoms with Gasteiger partial charge in [-0.15, -0.1) is 0 Å². The van der Waals surface area contributed by atoms with Crippen LogP contribution in [0.25, 0.3) is 0 Å². The Hall–Kier alpha value is -1.55. The molecule has 4 heteroatoms. The molecule has 19 heavy (non-hydrogen) atoms. The molecule has 0 atom stereocenters. The number of likely N-dealkylation sites (N-methyl/N-ethyl adjacent to an activating group) is 1.